The molecule has 0 fully saturated rings. The molecule has 0 atom stereocenters. The number of aromatic nitrogens is 3. The van der Waals surface area contributed by atoms with Crippen molar-refractivity contribution in [3.8, 4) is 5.69 Å². The molecular weight excluding hydrogens is 659 g/mol. The van der Waals surface area contributed by atoms with Crippen LogP contribution in [0.1, 0.15) is 0 Å². The average molecular weight is 692 g/mol. The Morgan fingerprint density at radius 3 is 1.55 bits per heavy atom. The van der Waals surface area contributed by atoms with Crippen molar-refractivity contribution in [2.45, 2.75) is 0 Å². The molecule has 11 aromatic rings. The van der Waals surface area contributed by atoms with Crippen LogP contribution in [-0.2, 0) is 0 Å². The molecule has 0 amide bonds. The lowest BCUT2D eigenvalue weighted by molar-refractivity contribution is 1.18. The highest BCUT2D eigenvalue weighted by molar-refractivity contribution is 7.19. The van der Waals surface area contributed by atoms with Crippen molar-refractivity contribution in [1.29, 1.82) is 0 Å². The first kappa shape index (κ1) is 29.9. The number of fused-ring (bicyclic) bond motifs is 12. The molecule has 0 N–H and O–H groups in total. The van der Waals surface area contributed by atoms with Crippen LogP contribution < -0.4 is 20.7 Å². The number of nitrogens with zero attached hydrogens (tertiary/aromatic N) is 3. The molecule has 8 aromatic carbocycles. The monoisotopic (exact) mass is 691 g/mol. The van der Waals surface area contributed by atoms with Crippen LogP contribution >= 0.6 is 0 Å². The van der Waals surface area contributed by atoms with E-state index < -0.39 is 8.07 Å². The normalized spacial score (nSPS) is 12.2. The maximum Gasteiger partial charge on any atom is 0.179 e. The van der Waals surface area contributed by atoms with Gasteiger partial charge in [0.1, 0.15) is 5.65 Å². The van der Waals surface area contributed by atoms with Gasteiger partial charge in [0.25, 0.3) is 0 Å². The van der Waals surface area contributed by atoms with Crippen molar-refractivity contribution >= 4 is 89.0 Å². The van der Waals surface area contributed by atoms with Gasteiger partial charge >= 0.3 is 0 Å². The Kier molecular flexibility index (Phi) is 6.57. The van der Waals surface area contributed by atoms with Gasteiger partial charge in [0.05, 0.1) is 27.6 Å². The highest BCUT2D eigenvalue weighted by atomic mass is 28.3. The standard InChI is InChI=1S/C49H33N3Si/c1-4-18-35(19-5-1)53(36-20-6-2-7-21-36,37-22-8-3-9-23-37)38-24-16-17-34(33-38)51-43-28-13-11-26-40(43)48-46(51)32-31-41-47(48)39-25-10-14-29-44(39)52-45-30-15-12-27-42(45)50-49(41)52/h1-33H. The molecule has 0 aliphatic carbocycles. The topological polar surface area (TPSA) is 22.2 Å². The minimum Gasteiger partial charge on any atom is -0.309 e. The fraction of sp³-hybridized carbons (Fsp3) is 0. The van der Waals surface area contributed by atoms with Crippen LogP contribution in [0.4, 0.5) is 0 Å². The molecule has 3 nitrogen and oxygen atoms in total. The van der Waals surface area contributed by atoms with Crippen molar-refractivity contribution in [1.82, 2.24) is 14.0 Å². The van der Waals surface area contributed by atoms with Gasteiger partial charge in [-0.2, -0.15) is 0 Å². The first-order valence-electron chi connectivity index (χ1n) is 18.2. The largest absolute Gasteiger partial charge is 0.309 e. The molecule has 0 aliphatic rings. The molecule has 0 unspecified atom stereocenters. The van der Waals surface area contributed by atoms with Gasteiger partial charge in [-0.3, -0.25) is 4.40 Å². The van der Waals surface area contributed by atoms with Crippen LogP contribution in [0.2, 0.25) is 0 Å². The van der Waals surface area contributed by atoms with Crippen molar-refractivity contribution in [3.63, 3.8) is 0 Å². The van der Waals surface area contributed by atoms with Gasteiger partial charge < -0.3 is 4.57 Å². The molecule has 0 saturated carbocycles. The summed E-state index contributed by atoms with van der Waals surface area (Å²) in [6.07, 6.45) is 0. The first-order chi connectivity index (χ1) is 26.3. The lowest BCUT2D eigenvalue weighted by Gasteiger charge is -2.34. The quantitative estimate of drug-likeness (QED) is 0.100. The Hall–Kier alpha value is -6.75. The zero-order valence-electron chi connectivity index (χ0n) is 28.9. The summed E-state index contributed by atoms with van der Waals surface area (Å²) in [5, 5.41) is 11.6. The van der Waals surface area contributed by atoms with Gasteiger partial charge in [-0.15, -0.1) is 0 Å². The molecule has 248 valence electrons. The summed E-state index contributed by atoms with van der Waals surface area (Å²) in [7, 11) is -2.73. The van der Waals surface area contributed by atoms with Crippen molar-refractivity contribution in [2.24, 2.45) is 0 Å². The van der Waals surface area contributed by atoms with E-state index in [1.54, 1.807) is 0 Å². The average Bonchev–Trinajstić information content (AvgIpc) is 3.79. The summed E-state index contributed by atoms with van der Waals surface area (Å²) in [5.41, 5.74) is 7.83. The lowest BCUT2D eigenvalue weighted by Crippen LogP contribution is -2.74. The number of hydrogen-bond acceptors (Lipinski definition) is 1. The summed E-state index contributed by atoms with van der Waals surface area (Å²) >= 11 is 0. The number of para-hydroxylation sites is 4. The Morgan fingerprint density at radius 2 is 0.887 bits per heavy atom. The smallest absolute Gasteiger partial charge is 0.179 e. The van der Waals surface area contributed by atoms with E-state index in [9.17, 15) is 0 Å². The first-order valence-corrected chi connectivity index (χ1v) is 20.2. The molecule has 0 spiro atoms. The van der Waals surface area contributed by atoms with E-state index in [-0.39, 0.29) is 0 Å². The van der Waals surface area contributed by atoms with Gasteiger partial charge in [0.2, 0.25) is 0 Å². The zero-order valence-corrected chi connectivity index (χ0v) is 29.9. The number of benzene rings is 8. The van der Waals surface area contributed by atoms with E-state index >= 15 is 0 Å². The SMILES string of the molecule is c1ccc([Si](c2ccccc2)(c2ccccc2)c2cccc(-n3c4ccccc4c4c5c6ccccc6n6c7ccccc7nc6c5ccc43)c2)cc1. The Bertz CT molecular complexity index is 3070. The lowest BCUT2D eigenvalue weighted by atomic mass is 10.00. The molecule has 0 bridgehead atoms. The van der Waals surface area contributed by atoms with Gasteiger partial charge in [-0.1, -0.05) is 152 Å². The second-order valence-corrected chi connectivity index (χ2v) is 17.7. The van der Waals surface area contributed by atoms with Crippen molar-refractivity contribution in [2.75, 3.05) is 0 Å². The maximum absolute atomic E-state index is 5.23. The molecule has 0 aliphatic heterocycles. The fourth-order valence-electron chi connectivity index (χ4n) is 9.08. The van der Waals surface area contributed by atoms with Gasteiger partial charge in [-0.25, -0.2) is 4.98 Å². The second kappa shape index (κ2) is 11.6. The third-order valence-electron chi connectivity index (χ3n) is 11.2. The highest BCUT2D eigenvalue weighted by Gasteiger charge is 2.41. The molecule has 3 heterocycles. The van der Waals surface area contributed by atoms with Crippen LogP contribution in [0.5, 0.6) is 0 Å². The van der Waals surface area contributed by atoms with Crippen molar-refractivity contribution < 1.29 is 0 Å². The van der Waals surface area contributed by atoms with E-state index in [0.29, 0.717) is 0 Å². The molecule has 4 heteroatoms. The number of pyridine rings is 1. The molecule has 0 radical (unpaired) electrons. The Balaban J connectivity index is 1.26. The summed E-state index contributed by atoms with van der Waals surface area (Å²) in [6, 6.07) is 73.6. The summed E-state index contributed by atoms with van der Waals surface area (Å²) in [6.45, 7) is 0. The fourth-order valence-corrected chi connectivity index (χ4v) is 13.9. The summed E-state index contributed by atoms with van der Waals surface area (Å²) < 4.78 is 4.82. The third-order valence-corrected chi connectivity index (χ3v) is 16.0. The third kappa shape index (κ3) is 4.24. The summed E-state index contributed by atoms with van der Waals surface area (Å²) in [5.74, 6) is 0. The number of hydrogen-bond donors (Lipinski definition) is 0. The van der Waals surface area contributed by atoms with Crippen LogP contribution in [0.3, 0.4) is 0 Å². The van der Waals surface area contributed by atoms with Gasteiger partial charge in [0, 0.05) is 32.6 Å². The number of imidazole rings is 1. The van der Waals surface area contributed by atoms with Crippen LogP contribution in [0, 0.1) is 0 Å². The predicted molar refractivity (Wildman–Crippen MR) is 226 cm³/mol. The number of rotatable bonds is 5. The minimum atomic E-state index is -2.73. The zero-order chi connectivity index (χ0) is 34.9. The molecular formula is C49H33N3Si. The van der Waals surface area contributed by atoms with Crippen LogP contribution in [0.15, 0.2) is 200 Å². The highest BCUT2D eigenvalue weighted by Crippen LogP contribution is 2.41. The van der Waals surface area contributed by atoms with E-state index in [1.807, 2.05) is 0 Å². The Labute approximate surface area is 307 Å². The van der Waals surface area contributed by atoms with E-state index in [4.69, 9.17) is 4.98 Å². The van der Waals surface area contributed by atoms with E-state index in [0.717, 1.165) is 27.8 Å². The van der Waals surface area contributed by atoms with E-state index in [2.05, 4.69) is 209 Å². The second-order valence-electron chi connectivity index (χ2n) is 13.9. The van der Waals surface area contributed by atoms with Crippen LogP contribution in [-0.4, -0.2) is 22.0 Å². The van der Waals surface area contributed by atoms with Crippen molar-refractivity contribution in [3.05, 3.63) is 200 Å². The summed E-state index contributed by atoms with van der Waals surface area (Å²) in [4.78, 5) is 5.23. The Morgan fingerprint density at radius 1 is 0.358 bits per heavy atom. The molecule has 11 rings (SSSR count). The molecule has 53 heavy (non-hydrogen) atoms. The van der Waals surface area contributed by atoms with E-state index in [1.165, 1.54) is 58.8 Å². The van der Waals surface area contributed by atoms with Gasteiger partial charge in [0.15, 0.2) is 8.07 Å². The molecule has 3 aromatic heterocycles. The van der Waals surface area contributed by atoms with Gasteiger partial charge in [-0.05, 0) is 69.3 Å². The predicted octanol–water partition coefficient (Wildman–Crippen LogP) is 9.27. The van der Waals surface area contributed by atoms with Crippen LogP contribution in [0.25, 0.3) is 65.8 Å². The maximum atomic E-state index is 5.23. The minimum absolute atomic E-state index is 0.991. The molecule has 0 saturated heterocycles.